The summed E-state index contributed by atoms with van der Waals surface area (Å²) in [6.45, 7) is 11.9. The molecule has 0 N–H and O–H groups in total. The number of ketones is 1. The summed E-state index contributed by atoms with van der Waals surface area (Å²) in [5, 5.41) is 0.148. The van der Waals surface area contributed by atoms with E-state index in [2.05, 4.69) is 33.9 Å². The van der Waals surface area contributed by atoms with E-state index in [0.717, 1.165) is 0 Å². The van der Waals surface area contributed by atoms with E-state index in [4.69, 9.17) is 13.9 Å². The van der Waals surface area contributed by atoms with Gasteiger partial charge in [0.2, 0.25) is 0 Å². The zero-order valence-electron chi connectivity index (χ0n) is 19.2. The minimum atomic E-state index is -1.80. The summed E-state index contributed by atoms with van der Waals surface area (Å²) >= 11 is 0. The van der Waals surface area contributed by atoms with Crippen molar-refractivity contribution in [2.75, 3.05) is 20.3 Å². The number of esters is 1. The van der Waals surface area contributed by atoms with Crippen molar-refractivity contribution in [3.05, 3.63) is 53.6 Å². The lowest BCUT2D eigenvalue weighted by molar-refractivity contribution is 0.0588. The van der Waals surface area contributed by atoms with Gasteiger partial charge >= 0.3 is 5.97 Å². The Morgan fingerprint density at radius 1 is 1.13 bits per heavy atom. The van der Waals surface area contributed by atoms with Crippen molar-refractivity contribution in [2.24, 2.45) is 0 Å². The molecule has 31 heavy (non-hydrogen) atoms. The average molecular weight is 450 g/mol. The summed E-state index contributed by atoms with van der Waals surface area (Å²) < 4.78 is 31.6. The Kier molecular flexibility index (Phi) is 8.19. The second-order valence-electron chi connectivity index (χ2n) is 8.92. The van der Waals surface area contributed by atoms with Crippen LogP contribution in [0.4, 0.5) is 4.39 Å². The minimum absolute atomic E-state index is 0.133. The number of ether oxygens (including phenoxy) is 2. The number of benzene rings is 1. The molecule has 0 spiro atoms. The Bertz CT molecular complexity index is 917. The van der Waals surface area contributed by atoms with Crippen LogP contribution in [0.5, 0.6) is 5.75 Å². The molecule has 0 fully saturated rings. The van der Waals surface area contributed by atoms with Gasteiger partial charge in [-0.1, -0.05) is 32.9 Å². The normalized spacial score (nSPS) is 12.0. The number of aromatic nitrogens is 1. The molecule has 1 aromatic heterocycles. The first-order valence-corrected chi connectivity index (χ1v) is 13.2. The molecule has 0 radical (unpaired) electrons. The predicted octanol–water partition coefficient (Wildman–Crippen LogP) is 5.09. The number of halogens is 1. The topological polar surface area (TPSA) is 66.8 Å². The lowest BCUT2D eigenvalue weighted by Gasteiger charge is -2.36. The van der Waals surface area contributed by atoms with Crippen LogP contribution in [-0.2, 0) is 15.7 Å². The van der Waals surface area contributed by atoms with Gasteiger partial charge in [0.15, 0.2) is 14.1 Å². The van der Waals surface area contributed by atoms with Crippen molar-refractivity contribution in [2.45, 2.75) is 51.9 Å². The molecule has 8 heteroatoms. The molecular formula is C23H32FNO5Si. The van der Waals surface area contributed by atoms with E-state index >= 15 is 0 Å². The predicted molar refractivity (Wildman–Crippen MR) is 120 cm³/mol. The summed E-state index contributed by atoms with van der Waals surface area (Å²) in [7, 11) is -0.528. The molecule has 0 saturated carbocycles. The Morgan fingerprint density at radius 2 is 1.84 bits per heavy atom. The SMILES string of the molecule is COC(=O)c1cc(OCCCO[Si](C)(C)C(C)(C)C)cn1CC(=O)c1cccc(F)c1. The zero-order chi connectivity index (χ0) is 23.2. The van der Waals surface area contributed by atoms with Crippen LogP contribution in [0.25, 0.3) is 0 Å². The van der Waals surface area contributed by atoms with Gasteiger partial charge in [0.05, 0.1) is 20.3 Å². The van der Waals surface area contributed by atoms with Crippen molar-refractivity contribution < 1.29 is 27.9 Å². The maximum atomic E-state index is 13.4. The Morgan fingerprint density at radius 3 is 2.45 bits per heavy atom. The monoisotopic (exact) mass is 449 g/mol. The van der Waals surface area contributed by atoms with Gasteiger partial charge in [-0.05, 0) is 30.3 Å². The molecular weight excluding hydrogens is 417 g/mol. The van der Waals surface area contributed by atoms with Crippen LogP contribution < -0.4 is 4.74 Å². The van der Waals surface area contributed by atoms with E-state index in [1.54, 1.807) is 12.3 Å². The molecule has 1 aromatic carbocycles. The van der Waals surface area contributed by atoms with Crippen molar-refractivity contribution in [1.29, 1.82) is 0 Å². The smallest absolute Gasteiger partial charge is 0.354 e. The van der Waals surface area contributed by atoms with Crippen LogP contribution in [0.15, 0.2) is 36.5 Å². The number of carbonyl (C=O) groups excluding carboxylic acids is 2. The van der Waals surface area contributed by atoms with E-state index in [1.165, 1.54) is 35.9 Å². The maximum Gasteiger partial charge on any atom is 0.354 e. The molecule has 1 heterocycles. The van der Waals surface area contributed by atoms with Gasteiger partial charge in [0, 0.05) is 30.9 Å². The summed E-state index contributed by atoms with van der Waals surface area (Å²) in [6.07, 6.45) is 2.28. The Labute approximate surface area is 184 Å². The second kappa shape index (κ2) is 10.2. The van der Waals surface area contributed by atoms with Gasteiger partial charge in [-0.25, -0.2) is 9.18 Å². The van der Waals surface area contributed by atoms with E-state index in [9.17, 15) is 14.0 Å². The van der Waals surface area contributed by atoms with Gasteiger partial charge in [0.1, 0.15) is 17.3 Å². The van der Waals surface area contributed by atoms with E-state index in [1.807, 2.05) is 0 Å². The summed E-state index contributed by atoms with van der Waals surface area (Å²) in [5.74, 6) is -0.937. The fourth-order valence-corrected chi connectivity index (χ4v) is 3.76. The van der Waals surface area contributed by atoms with E-state index < -0.39 is 20.1 Å². The third kappa shape index (κ3) is 6.77. The third-order valence-electron chi connectivity index (χ3n) is 5.55. The van der Waals surface area contributed by atoms with Gasteiger partial charge in [0.25, 0.3) is 0 Å². The lowest BCUT2D eigenvalue weighted by Crippen LogP contribution is -2.41. The minimum Gasteiger partial charge on any atom is -0.492 e. The highest BCUT2D eigenvalue weighted by Crippen LogP contribution is 2.36. The summed E-state index contributed by atoms with van der Waals surface area (Å²) in [4.78, 5) is 24.6. The highest BCUT2D eigenvalue weighted by Gasteiger charge is 2.36. The number of nitrogens with zero attached hydrogens (tertiary/aromatic N) is 1. The Balaban J connectivity index is 2.00. The number of carbonyl (C=O) groups is 2. The van der Waals surface area contributed by atoms with Crippen LogP contribution in [0.1, 0.15) is 48.0 Å². The van der Waals surface area contributed by atoms with Crippen molar-refractivity contribution in [3.8, 4) is 5.75 Å². The number of hydrogen-bond donors (Lipinski definition) is 0. The first-order chi connectivity index (χ1) is 14.4. The molecule has 0 aliphatic rings. The molecule has 0 atom stereocenters. The summed E-state index contributed by atoms with van der Waals surface area (Å²) in [6, 6.07) is 6.99. The largest absolute Gasteiger partial charge is 0.492 e. The number of Topliss-reactive ketones (excluding diaryl/α,β-unsaturated/α-hetero) is 1. The molecule has 0 unspecified atom stereocenters. The molecule has 6 nitrogen and oxygen atoms in total. The second-order valence-corrected chi connectivity index (χ2v) is 13.7. The van der Waals surface area contributed by atoms with Gasteiger partial charge in [-0.3, -0.25) is 4.79 Å². The van der Waals surface area contributed by atoms with Crippen LogP contribution in [0.2, 0.25) is 18.1 Å². The first kappa shape index (κ1) is 24.8. The van der Waals surface area contributed by atoms with Gasteiger partial charge in [-0.2, -0.15) is 0 Å². The van der Waals surface area contributed by atoms with Crippen LogP contribution in [0, 0.1) is 5.82 Å². The average Bonchev–Trinajstić information content (AvgIpc) is 3.08. The molecule has 2 aromatic rings. The van der Waals surface area contributed by atoms with E-state index in [-0.39, 0.29) is 28.6 Å². The van der Waals surface area contributed by atoms with Crippen molar-refractivity contribution in [3.63, 3.8) is 0 Å². The first-order valence-electron chi connectivity index (χ1n) is 10.3. The Hall–Kier alpha value is -2.45. The molecule has 0 saturated heterocycles. The van der Waals surface area contributed by atoms with Gasteiger partial charge in [-0.15, -0.1) is 0 Å². The number of hydrogen-bond acceptors (Lipinski definition) is 5. The summed E-state index contributed by atoms with van der Waals surface area (Å²) in [5.41, 5.74) is 0.425. The van der Waals surface area contributed by atoms with Crippen molar-refractivity contribution in [1.82, 2.24) is 4.57 Å². The van der Waals surface area contributed by atoms with Crippen molar-refractivity contribution >= 4 is 20.1 Å². The fourth-order valence-electron chi connectivity index (χ4n) is 2.67. The molecule has 0 aliphatic heterocycles. The highest BCUT2D eigenvalue weighted by atomic mass is 28.4. The van der Waals surface area contributed by atoms with Crippen LogP contribution >= 0.6 is 0 Å². The fraction of sp³-hybridized carbons (Fsp3) is 0.478. The molecule has 170 valence electrons. The maximum absolute atomic E-state index is 13.4. The van der Waals surface area contributed by atoms with E-state index in [0.29, 0.717) is 25.4 Å². The standard InChI is InChI=1S/C23H32FNO5Si/c1-23(2,3)31(5,6)30-12-8-11-29-19-14-20(22(27)28-4)25(15-19)16-21(26)17-9-7-10-18(24)13-17/h7,9-10,13-15H,8,11-12,16H2,1-6H3. The lowest BCUT2D eigenvalue weighted by atomic mass is 10.1. The van der Waals surface area contributed by atoms with Gasteiger partial charge < -0.3 is 18.5 Å². The third-order valence-corrected chi connectivity index (χ3v) is 10.1. The molecule has 2 rings (SSSR count). The highest BCUT2D eigenvalue weighted by molar-refractivity contribution is 6.74. The molecule has 0 aliphatic carbocycles. The molecule has 0 bridgehead atoms. The zero-order valence-corrected chi connectivity index (χ0v) is 20.2. The van der Waals surface area contributed by atoms with Crippen LogP contribution in [0.3, 0.4) is 0 Å². The molecule has 0 amide bonds. The number of rotatable bonds is 10. The van der Waals surface area contributed by atoms with Crippen LogP contribution in [-0.4, -0.2) is 45.0 Å². The number of methoxy groups -OCH3 is 1. The quantitative estimate of drug-likeness (QED) is 0.219.